The third kappa shape index (κ3) is 3.94. The lowest BCUT2D eigenvalue weighted by Crippen LogP contribution is -3.12. The summed E-state index contributed by atoms with van der Waals surface area (Å²) in [5, 5.41) is 11.9. The van der Waals surface area contributed by atoms with Crippen molar-refractivity contribution in [1.82, 2.24) is 0 Å². The van der Waals surface area contributed by atoms with Crippen LogP contribution >= 0.6 is 0 Å². The number of carbonyl (C=O) groups is 1. The Kier molecular flexibility index (Phi) is 5.29. The molecule has 4 nitrogen and oxygen atoms in total. The fourth-order valence-corrected chi connectivity index (χ4v) is 2.23. The van der Waals surface area contributed by atoms with Gasteiger partial charge >= 0.3 is 0 Å². The second-order valence-corrected chi connectivity index (χ2v) is 5.38. The summed E-state index contributed by atoms with van der Waals surface area (Å²) in [6.45, 7) is 2.66. The van der Waals surface area contributed by atoms with Gasteiger partial charge in [0, 0.05) is 5.56 Å². The van der Waals surface area contributed by atoms with Gasteiger partial charge in [0.05, 0.1) is 18.3 Å². The molecule has 4 heteroatoms. The Bertz CT molecular complexity index is 676. The van der Waals surface area contributed by atoms with E-state index in [4.69, 9.17) is 5.26 Å². The molecule has 0 spiro atoms. The van der Waals surface area contributed by atoms with Gasteiger partial charge in [-0.3, -0.25) is 4.79 Å². The molecule has 0 aliphatic heterocycles. The summed E-state index contributed by atoms with van der Waals surface area (Å²) in [6.07, 6.45) is 0. The van der Waals surface area contributed by atoms with Gasteiger partial charge in [0.15, 0.2) is 6.04 Å². The standard InChI is InChI=1S/C18H19N3O/c1-14(21(2)13-15-8-4-3-5-9-15)18(22)20-17-11-7-6-10-16(17)12-19/h3-11,14H,13H2,1-2H3,(H,20,22)/p+1/t14-/m0/s1. The van der Waals surface area contributed by atoms with Crippen LogP contribution in [0.3, 0.4) is 0 Å². The van der Waals surface area contributed by atoms with Crippen LogP contribution in [0.2, 0.25) is 0 Å². The molecular weight excluding hydrogens is 274 g/mol. The first-order chi connectivity index (χ1) is 10.6. The van der Waals surface area contributed by atoms with Crippen molar-refractivity contribution in [3.8, 4) is 6.07 Å². The number of carbonyl (C=O) groups excluding carboxylic acids is 1. The van der Waals surface area contributed by atoms with Gasteiger partial charge in [-0.25, -0.2) is 0 Å². The zero-order chi connectivity index (χ0) is 15.9. The van der Waals surface area contributed by atoms with Crippen molar-refractivity contribution in [1.29, 1.82) is 5.26 Å². The number of nitriles is 1. The SMILES string of the molecule is C[C@@H](C(=O)Nc1ccccc1C#N)[NH+](C)Cc1ccccc1. The minimum Gasteiger partial charge on any atom is -0.324 e. The number of quaternary nitrogens is 1. The Morgan fingerprint density at radius 3 is 2.50 bits per heavy atom. The maximum Gasteiger partial charge on any atom is 0.282 e. The van der Waals surface area contributed by atoms with Crippen LogP contribution in [0, 0.1) is 11.3 Å². The van der Waals surface area contributed by atoms with Crippen LogP contribution in [0.4, 0.5) is 5.69 Å². The highest BCUT2D eigenvalue weighted by atomic mass is 16.2. The van der Waals surface area contributed by atoms with Gasteiger partial charge < -0.3 is 10.2 Å². The molecule has 0 bridgehead atoms. The predicted molar refractivity (Wildman–Crippen MR) is 86.3 cm³/mol. The first kappa shape index (κ1) is 15.7. The van der Waals surface area contributed by atoms with Crippen molar-refractivity contribution >= 4 is 11.6 Å². The number of anilines is 1. The maximum atomic E-state index is 12.4. The molecule has 2 aromatic rings. The normalized spacial score (nSPS) is 13.0. The van der Waals surface area contributed by atoms with E-state index in [9.17, 15) is 4.79 Å². The molecule has 2 N–H and O–H groups in total. The van der Waals surface area contributed by atoms with Crippen LogP contribution in [-0.4, -0.2) is 19.0 Å². The van der Waals surface area contributed by atoms with E-state index in [-0.39, 0.29) is 11.9 Å². The van der Waals surface area contributed by atoms with Gasteiger partial charge in [-0.1, -0.05) is 42.5 Å². The van der Waals surface area contributed by atoms with Gasteiger partial charge in [0.1, 0.15) is 12.6 Å². The van der Waals surface area contributed by atoms with Crippen LogP contribution in [0.25, 0.3) is 0 Å². The number of para-hydroxylation sites is 1. The second kappa shape index (κ2) is 7.39. The van der Waals surface area contributed by atoms with Crippen molar-refractivity contribution in [2.75, 3.05) is 12.4 Å². The fourth-order valence-electron chi connectivity index (χ4n) is 2.23. The lowest BCUT2D eigenvalue weighted by Gasteiger charge is -2.21. The Morgan fingerprint density at radius 2 is 1.82 bits per heavy atom. The molecule has 0 saturated carbocycles. The molecule has 0 radical (unpaired) electrons. The average molecular weight is 294 g/mol. The summed E-state index contributed by atoms with van der Waals surface area (Å²) >= 11 is 0. The topological polar surface area (TPSA) is 57.3 Å². The van der Waals surface area contributed by atoms with E-state index < -0.39 is 0 Å². The van der Waals surface area contributed by atoms with E-state index in [1.165, 1.54) is 5.56 Å². The zero-order valence-corrected chi connectivity index (χ0v) is 12.8. The minimum absolute atomic E-state index is 0.0869. The largest absolute Gasteiger partial charge is 0.324 e. The lowest BCUT2D eigenvalue weighted by molar-refractivity contribution is -0.907. The van der Waals surface area contributed by atoms with E-state index >= 15 is 0 Å². The monoisotopic (exact) mass is 294 g/mol. The molecule has 2 aromatic carbocycles. The molecule has 0 saturated heterocycles. The van der Waals surface area contributed by atoms with Crippen LogP contribution in [0.1, 0.15) is 18.1 Å². The van der Waals surface area contributed by atoms with Crippen molar-refractivity contribution in [2.45, 2.75) is 19.5 Å². The first-order valence-electron chi connectivity index (χ1n) is 7.28. The number of hydrogen-bond donors (Lipinski definition) is 2. The number of amides is 1. The molecule has 1 unspecified atom stereocenters. The van der Waals surface area contributed by atoms with E-state index in [0.29, 0.717) is 11.3 Å². The summed E-state index contributed by atoms with van der Waals surface area (Å²) in [7, 11) is 1.99. The lowest BCUT2D eigenvalue weighted by atomic mass is 10.1. The quantitative estimate of drug-likeness (QED) is 0.880. The highest BCUT2D eigenvalue weighted by molar-refractivity contribution is 5.94. The Balaban J connectivity index is 2.01. The molecule has 2 atom stereocenters. The van der Waals surface area contributed by atoms with Gasteiger partial charge in [-0.15, -0.1) is 0 Å². The number of nitrogens with one attached hydrogen (secondary N) is 2. The summed E-state index contributed by atoms with van der Waals surface area (Å²) in [6, 6.07) is 19.0. The van der Waals surface area contributed by atoms with E-state index in [0.717, 1.165) is 11.4 Å². The fraction of sp³-hybridized carbons (Fsp3) is 0.222. The van der Waals surface area contributed by atoms with Crippen molar-refractivity contribution in [2.24, 2.45) is 0 Å². The molecule has 1 amide bonds. The molecule has 112 valence electrons. The Labute approximate surface area is 131 Å². The highest BCUT2D eigenvalue weighted by Crippen LogP contribution is 2.13. The zero-order valence-electron chi connectivity index (χ0n) is 12.8. The molecule has 0 heterocycles. The van der Waals surface area contributed by atoms with Gasteiger partial charge in [0.25, 0.3) is 5.91 Å². The molecule has 0 aromatic heterocycles. The molecular formula is C18H20N3O+. The predicted octanol–water partition coefficient (Wildman–Crippen LogP) is 1.60. The summed E-state index contributed by atoms with van der Waals surface area (Å²) in [5.74, 6) is -0.0869. The number of hydrogen-bond acceptors (Lipinski definition) is 2. The van der Waals surface area contributed by atoms with Crippen molar-refractivity contribution in [3.63, 3.8) is 0 Å². The summed E-state index contributed by atoms with van der Waals surface area (Å²) < 4.78 is 0. The first-order valence-corrected chi connectivity index (χ1v) is 7.28. The molecule has 0 fully saturated rings. The second-order valence-electron chi connectivity index (χ2n) is 5.38. The number of benzene rings is 2. The number of likely N-dealkylation sites (N-methyl/N-ethyl adjacent to an activating group) is 1. The summed E-state index contributed by atoms with van der Waals surface area (Å²) in [5.41, 5.74) is 2.23. The average Bonchev–Trinajstić information content (AvgIpc) is 2.55. The van der Waals surface area contributed by atoms with E-state index in [1.54, 1.807) is 18.2 Å². The molecule has 0 aliphatic rings. The third-order valence-electron chi connectivity index (χ3n) is 3.76. The van der Waals surface area contributed by atoms with Crippen LogP contribution in [0.5, 0.6) is 0 Å². The Hall–Kier alpha value is -2.64. The van der Waals surface area contributed by atoms with Gasteiger partial charge in [-0.2, -0.15) is 5.26 Å². The smallest absolute Gasteiger partial charge is 0.282 e. The molecule has 0 aliphatic carbocycles. The van der Waals surface area contributed by atoms with E-state index in [2.05, 4.69) is 23.5 Å². The Morgan fingerprint density at radius 1 is 1.18 bits per heavy atom. The van der Waals surface area contributed by atoms with Gasteiger partial charge in [0.2, 0.25) is 0 Å². The summed E-state index contributed by atoms with van der Waals surface area (Å²) in [4.78, 5) is 13.5. The maximum absolute atomic E-state index is 12.4. The van der Waals surface area contributed by atoms with Crippen molar-refractivity contribution in [3.05, 3.63) is 65.7 Å². The van der Waals surface area contributed by atoms with Crippen LogP contribution < -0.4 is 10.2 Å². The third-order valence-corrected chi connectivity index (χ3v) is 3.76. The molecule has 2 rings (SSSR count). The van der Waals surface area contributed by atoms with E-state index in [1.807, 2.05) is 38.2 Å². The van der Waals surface area contributed by atoms with Crippen LogP contribution in [0.15, 0.2) is 54.6 Å². The van der Waals surface area contributed by atoms with Crippen molar-refractivity contribution < 1.29 is 9.69 Å². The number of nitrogens with zero attached hydrogens (tertiary/aromatic N) is 1. The number of rotatable bonds is 5. The van der Waals surface area contributed by atoms with Crippen LogP contribution in [-0.2, 0) is 11.3 Å². The van der Waals surface area contributed by atoms with Gasteiger partial charge in [-0.05, 0) is 19.1 Å². The highest BCUT2D eigenvalue weighted by Gasteiger charge is 2.22. The minimum atomic E-state index is -0.216. The molecule has 22 heavy (non-hydrogen) atoms.